The molecule has 1 aromatic rings. The van der Waals surface area contributed by atoms with Gasteiger partial charge >= 0.3 is 0 Å². The molecule has 15 heavy (non-hydrogen) atoms. The summed E-state index contributed by atoms with van der Waals surface area (Å²) in [7, 11) is 5.58. The lowest BCUT2D eigenvalue weighted by atomic mass is 9.97. The summed E-state index contributed by atoms with van der Waals surface area (Å²) in [5.41, 5.74) is 0.777. The van der Waals surface area contributed by atoms with Gasteiger partial charge in [0.2, 0.25) is 0 Å². The first-order valence-electron chi connectivity index (χ1n) is 5.37. The number of hydrogen-bond donors (Lipinski definition) is 0. The first kappa shape index (κ1) is 12.6. The number of rotatable bonds is 7. The van der Waals surface area contributed by atoms with Gasteiger partial charge in [-0.3, -0.25) is 0 Å². The molecule has 0 fully saturated rings. The van der Waals surface area contributed by atoms with Crippen molar-refractivity contribution in [1.29, 1.82) is 0 Å². The van der Waals surface area contributed by atoms with E-state index in [9.17, 15) is 0 Å². The summed E-state index contributed by atoms with van der Waals surface area (Å²) >= 11 is 3.42. The minimum Gasteiger partial charge on any atom is -0.494 e. The number of unbranched alkanes of at least 4 members (excludes halogenated alkanes) is 3. The summed E-state index contributed by atoms with van der Waals surface area (Å²) in [6.45, 7) is 0.798. The van der Waals surface area contributed by atoms with Crippen molar-refractivity contribution >= 4 is 29.2 Å². The lowest BCUT2D eigenvalue weighted by Crippen LogP contribution is -2.02. The van der Waals surface area contributed by atoms with Crippen LogP contribution in [-0.2, 0) is 0 Å². The topological polar surface area (TPSA) is 9.23 Å². The van der Waals surface area contributed by atoms with Crippen LogP contribution in [0.15, 0.2) is 24.3 Å². The molecule has 0 amide bonds. The highest BCUT2D eigenvalue weighted by atomic mass is 79.9. The van der Waals surface area contributed by atoms with Gasteiger partial charge in [0.15, 0.2) is 0 Å². The third-order valence-corrected chi connectivity index (χ3v) is 2.74. The molecular weight excluding hydrogens is 251 g/mol. The lowest BCUT2D eigenvalue weighted by molar-refractivity contribution is 0.305. The Balaban J connectivity index is 2.07. The van der Waals surface area contributed by atoms with Gasteiger partial charge in [0.05, 0.1) is 6.61 Å². The van der Waals surface area contributed by atoms with Crippen molar-refractivity contribution in [3.8, 4) is 5.75 Å². The third kappa shape index (κ3) is 5.88. The van der Waals surface area contributed by atoms with E-state index in [0.717, 1.165) is 29.6 Å². The molecule has 1 aromatic carbocycles. The van der Waals surface area contributed by atoms with Crippen LogP contribution in [0.25, 0.3) is 0 Å². The lowest BCUT2D eigenvalue weighted by Gasteiger charge is -2.05. The van der Waals surface area contributed by atoms with Crippen LogP contribution in [0.1, 0.15) is 25.7 Å². The minimum absolute atomic E-state index is 0.777. The summed E-state index contributed by atoms with van der Waals surface area (Å²) in [5, 5.41) is 1.10. The highest BCUT2D eigenvalue weighted by Crippen LogP contribution is 2.09. The van der Waals surface area contributed by atoms with Gasteiger partial charge in [-0.25, -0.2) is 0 Å². The van der Waals surface area contributed by atoms with Crippen molar-refractivity contribution < 1.29 is 4.74 Å². The maximum atomic E-state index is 5.58. The maximum Gasteiger partial charge on any atom is 0.119 e. The molecule has 0 spiro atoms. The monoisotopic (exact) mass is 266 g/mol. The van der Waals surface area contributed by atoms with Gasteiger partial charge in [-0.1, -0.05) is 46.4 Å². The molecule has 0 heterocycles. The number of benzene rings is 1. The van der Waals surface area contributed by atoms with Crippen molar-refractivity contribution in [3.05, 3.63) is 24.3 Å². The molecule has 0 unspecified atom stereocenters. The first-order valence-corrected chi connectivity index (χ1v) is 6.49. The fraction of sp³-hybridized carbons (Fsp3) is 0.500. The Morgan fingerprint density at radius 3 is 2.33 bits per heavy atom. The van der Waals surface area contributed by atoms with Gasteiger partial charge in [-0.05, 0) is 25.0 Å². The van der Waals surface area contributed by atoms with Crippen molar-refractivity contribution in [2.24, 2.45) is 0 Å². The molecule has 0 aliphatic carbocycles. The summed E-state index contributed by atoms with van der Waals surface area (Å²) in [5.74, 6) is 0.907. The van der Waals surface area contributed by atoms with Gasteiger partial charge in [0.1, 0.15) is 13.6 Å². The molecule has 0 atom stereocenters. The normalized spacial score (nSPS) is 10.2. The zero-order chi connectivity index (χ0) is 10.9. The van der Waals surface area contributed by atoms with Gasteiger partial charge in [-0.15, -0.1) is 0 Å². The van der Waals surface area contributed by atoms with Crippen LogP contribution in [0.5, 0.6) is 5.75 Å². The van der Waals surface area contributed by atoms with Crippen LogP contribution in [-0.4, -0.2) is 19.8 Å². The van der Waals surface area contributed by atoms with E-state index in [2.05, 4.69) is 15.9 Å². The number of alkyl halides is 1. The molecule has 2 radical (unpaired) electrons. The predicted molar refractivity (Wildman–Crippen MR) is 69.6 cm³/mol. The SMILES string of the molecule is [B]c1ccc(OCCCCCCBr)cc1. The van der Waals surface area contributed by atoms with E-state index in [-0.39, 0.29) is 0 Å². The molecule has 0 saturated carbocycles. The summed E-state index contributed by atoms with van der Waals surface area (Å²) < 4.78 is 5.57. The van der Waals surface area contributed by atoms with Crippen LogP contribution in [0, 0.1) is 0 Å². The zero-order valence-electron chi connectivity index (χ0n) is 8.92. The minimum atomic E-state index is 0.777. The second kappa shape index (κ2) is 7.80. The van der Waals surface area contributed by atoms with Gasteiger partial charge < -0.3 is 4.74 Å². The van der Waals surface area contributed by atoms with E-state index in [1.165, 1.54) is 19.3 Å². The molecule has 1 rings (SSSR count). The Morgan fingerprint density at radius 1 is 1.00 bits per heavy atom. The molecule has 1 nitrogen and oxygen atoms in total. The predicted octanol–water partition coefficient (Wildman–Crippen LogP) is 2.81. The van der Waals surface area contributed by atoms with E-state index in [0.29, 0.717) is 0 Å². The van der Waals surface area contributed by atoms with Crippen molar-refractivity contribution in [3.63, 3.8) is 0 Å². The van der Waals surface area contributed by atoms with E-state index >= 15 is 0 Å². The van der Waals surface area contributed by atoms with Crippen LogP contribution in [0.4, 0.5) is 0 Å². The van der Waals surface area contributed by atoms with E-state index < -0.39 is 0 Å². The first-order chi connectivity index (χ1) is 7.33. The van der Waals surface area contributed by atoms with Crippen LogP contribution in [0.2, 0.25) is 0 Å². The third-order valence-electron chi connectivity index (χ3n) is 2.18. The van der Waals surface area contributed by atoms with Crippen LogP contribution >= 0.6 is 15.9 Å². The fourth-order valence-corrected chi connectivity index (χ4v) is 1.70. The van der Waals surface area contributed by atoms with Crippen LogP contribution < -0.4 is 10.2 Å². The second-order valence-electron chi connectivity index (χ2n) is 3.52. The average Bonchev–Trinajstić information content (AvgIpc) is 2.26. The molecule has 0 saturated heterocycles. The summed E-state index contributed by atoms with van der Waals surface area (Å²) in [6, 6.07) is 7.54. The highest BCUT2D eigenvalue weighted by molar-refractivity contribution is 9.09. The summed E-state index contributed by atoms with van der Waals surface area (Å²) in [6.07, 6.45) is 4.89. The fourth-order valence-electron chi connectivity index (χ4n) is 1.30. The Morgan fingerprint density at radius 2 is 1.67 bits per heavy atom. The smallest absolute Gasteiger partial charge is 0.119 e. The van der Waals surface area contributed by atoms with Gasteiger partial charge in [0, 0.05) is 5.33 Å². The maximum absolute atomic E-state index is 5.58. The van der Waals surface area contributed by atoms with Crippen LogP contribution in [0.3, 0.4) is 0 Å². The molecule has 0 bridgehead atoms. The molecule has 0 aliphatic rings. The molecular formula is C12H16BBrO. The largest absolute Gasteiger partial charge is 0.494 e. The van der Waals surface area contributed by atoms with E-state index in [4.69, 9.17) is 12.6 Å². The Labute approximate surface area is 102 Å². The quantitative estimate of drug-likeness (QED) is 0.419. The molecule has 80 valence electrons. The Hall–Kier alpha value is -0.435. The number of ether oxygens (including phenoxy) is 1. The van der Waals surface area contributed by atoms with Crippen molar-refractivity contribution in [2.75, 3.05) is 11.9 Å². The van der Waals surface area contributed by atoms with E-state index in [1.807, 2.05) is 24.3 Å². The Kier molecular flexibility index (Phi) is 6.57. The van der Waals surface area contributed by atoms with Crippen molar-refractivity contribution in [2.45, 2.75) is 25.7 Å². The number of halogens is 1. The molecule has 3 heteroatoms. The van der Waals surface area contributed by atoms with E-state index in [1.54, 1.807) is 0 Å². The molecule has 0 aromatic heterocycles. The van der Waals surface area contributed by atoms with Crippen molar-refractivity contribution in [1.82, 2.24) is 0 Å². The number of hydrogen-bond acceptors (Lipinski definition) is 1. The Bertz CT molecular complexity index is 261. The summed E-state index contributed by atoms with van der Waals surface area (Å²) in [4.78, 5) is 0. The standard InChI is InChI=1S/C12H16BBrO/c13-11-5-7-12(8-6-11)15-10-4-2-1-3-9-14/h5-8H,1-4,9-10H2. The molecule has 0 N–H and O–H groups in total. The highest BCUT2D eigenvalue weighted by Gasteiger charge is 1.93. The zero-order valence-corrected chi connectivity index (χ0v) is 10.5. The second-order valence-corrected chi connectivity index (χ2v) is 4.31. The van der Waals surface area contributed by atoms with Gasteiger partial charge in [-0.2, -0.15) is 0 Å². The van der Waals surface area contributed by atoms with Gasteiger partial charge in [0.25, 0.3) is 0 Å². The average molecular weight is 267 g/mol. The molecule has 0 aliphatic heterocycles.